The lowest BCUT2D eigenvalue weighted by Gasteiger charge is -2.21. The number of hydrogen-bond acceptors (Lipinski definition) is 3. The summed E-state index contributed by atoms with van der Waals surface area (Å²) < 4.78 is 1.99. The van der Waals surface area contributed by atoms with Crippen LogP contribution in [0.25, 0.3) is 0 Å². The number of carbonyl (C=O) groups is 1. The molecule has 0 aliphatic heterocycles. The first-order chi connectivity index (χ1) is 7.79. The third-order valence-corrected chi connectivity index (χ3v) is 3.19. The molecule has 1 fully saturated rings. The van der Waals surface area contributed by atoms with E-state index in [1.165, 1.54) is 32.1 Å². The van der Waals surface area contributed by atoms with E-state index < -0.39 is 6.10 Å². The van der Waals surface area contributed by atoms with Gasteiger partial charge in [-0.15, -0.1) is 0 Å². The van der Waals surface area contributed by atoms with E-state index in [1.54, 1.807) is 0 Å². The zero-order valence-corrected chi connectivity index (χ0v) is 9.38. The lowest BCUT2D eigenvalue weighted by molar-refractivity contribution is -0.114. The Morgan fingerprint density at radius 3 is 2.94 bits per heavy atom. The fourth-order valence-corrected chi connectivity index (χ4v) is 2.30. The molecule has 1 aliphatic carbocycles. The average molecular weight is 222 g/mol. The molecule has 1 aromatic rings. The molecule has 88 valence electrons. The number of aldehydes is 1. The van der Waals surface area contributed by atoms with Gasteiger partial charge in [-0.25, -0.2) is 0 Å². The Bertz CT molecular complexity index is 343. The van der Waals surface area contributed by atoms with E-state index in [-0.39, 0.29) is 0 Å². The molecule has 0 radical (unpaired) electrons. The van der Waals surface area contributed by atoms with Gasteiger partial charge >= 0.3 is 0 Å². The maximum absolute atomic E-state index is 10.3. The lowest BCUT2D eigenvalue weighted by atomic mass is 9.96. The van der Waals surface area contributed by atoms with Crippen molar-refractivity contribution >= 4 is 6.29 Å². The van der Waals surface area contributed by atoms with Crippen LogP contribution in [0.4, 0.5) is 0 Å². The van der Waals surface area contributed by atoms with Gasteiger partial charge < -0.3 is 9.90 Å². The highest BCUT2D eigenvalue weighted by Crippen LogP contribution is 2.27. The van der Waals surface area contributed by atoms with Crippen LogP contribution in [-0.2, 0) is 11.2 Å². The van der Waals surface area contributed by atoms with Gasteiger partial charge in [-0.05, 0) is 18.9 Å². The molecule has 1 N–H and O–H groups in total. The number of rotatable bonds is 4. The van der Waals surface area contributed by atoms with E-state index in [2.05, 4.69) is 5.10 Å². The summed E-state index contributed by atoms with van der Waals surface area (Å²) in [6.07, 6.45) is 8.18. The van der Waals surface area contributed by atoms with Gasteiger partial charge in [0.1, 0.15) is 12.4 Å². The maximum atomic E-state index is 10.3. The van der Waals surface area contributed by atoms with Crippen LogP contribution >= 0.6 is 0 Å². The summed E-state index contributed by atoms with van der Waals surface area (Å²) in [6.45, 7) is 0. The van der Waals surface area contributed by atoms with Crippen LogP contribution in [-0.4, -0.2) is 27.3 Å². The standard InChI is InChI=1S/C12H18N2O2/c15-9-12(16)8-10-6-7-14(13-10)11-4-2-1-3-5-11/h6-7,9,11-12,16H,1-5,8H2. The lowest BCUT2D eigenvalue weighted by Crippen LogP contribution is -2.15. The van der Waals surface area contributed by atoms with Crippen LogP contribution in [0.5, 0.6) is 0 Å². The summed E-state index contributed by atoms with van der Waals surface area (Å²) in [4.78, 5) is 10.3. The molecule has 1 heterocycles. The largest absolute Gasteiger partial charge is 0.385 e. The number of aliphatic hydroxyl groups excluding tert-OH is 1. The summed E-state index contributed by atoms with van der Waals surface area (Å²) in [7, 11) is 0. The highest BCUT2D eigenvalue weighted by Gasteiger charge is 2.16. The molecule has 4 nitrogen and oxygen atoms in total. The van der Waals surface area contributed by atoms with Crippen LogP contribution in [0.3, 0.4) is 0 Å². The summed E-state index contributed by atoms with van der Waals surface area (Å²) in [5.41, 5.74) is 0.796. The van der Waals surface area contributed by atoms with E-state index in [4.69, 9.17) is 0 Å². The van der Waals surface area contributed by atoms with Crippen LogP contribution in [0.1, 0.15) is 43.8 Å². The summed E-state index contributed by atoms with van der Waals surface area (Å²) >= 11 is 0. The van der Waals surface area contributed by atoms with Crippen LogP contribution in [0.15, 0.2) is 12.3 Å². The Labute approximate surface area is 95.3 Å². The second kappa shape index (κ2) is 5.25. The molecule has 1 saturated carbocycles. The van der Waals surface area contributed by atoms with Gasteiger partial charge in [-0.1, -0.05) is 19.3 Å². The number of aromatic nitrogens is 2. The molecule has 0 saturated heterocycles. The smallest absolute Gasteiger partial charge is 0.148 e. The van der Waals surface area contributed by atoms with E-state index in [0.717, 1.165) is 5.69 Å². The topological polar surface area (TPSA) is 55.1 Å². The minimum atomic E-state index is -0.922. The van der Waals surface area contributed by atoms with Gasteiger partial charge in [0.25, 0.3) is 0 Å². The van der Waals surface area contributed by atoms with E-state index >= 15 is 0 Å². The zero-order valence-electron chi connectivity index (χ0n) is 9.38. The third kappa shape index (κ3) is 2.70. The Kier molecular flexibility index (Phi) is 3.72. The summed E-state index contributed by atoms with van der Waals surface area (Å²) in [5, 5.41) is 13.6. The fourth-order valence-electron chi connectivity index (χ4n) is 2.30. The van der Waals surface area contributed by atoms with Crippen molar-refractivity contribution in [3.63, 3.8) is 0 Å². The van der Waals surface area contributed by atoms with Crippen LogP contribution < -0.4 is 0 Å². The number of hydrogen-bond donors (Lipinski definition) is 1. The number of carbonyl (C=O) groups excluding carboxylic acids is 1. The highest BCUT2D eigenvalue weighted by molar-refractivity contribution is 5.56. The molecule has 16 heavy (non-hydrogen) atoms. The molecule has 2 rings (SSSR count). The van der Waals surface area contributed by atoms with Crippen molar-refractivity contribution in [1.29, 1.82) is 0 Å². The molecule has 0 amide bonds. The predicted octanol–water partition coefficient (Wildman–Crippen LogP) is 1.49. The first-order valence-electron chi connectivity index (χ1n) is 5.97. The van der Waals surface area contributed by atoms with Crippen molar-refractivity contribution in [2.45, 2.75) is 50.7 Å². The zero-order chi connectivity index (χ0) is 11.4. The minimum absolute atomic E-state index is 0.323. The van der Waals surface area contributed by atoms with Crippen LogP contribution in [0.2, 0.25) is 0 Å². The summed E-state index contributed by atoms with van der Waals surface area (Å²) in [6, 6.07) is 2.40. The molecule has 0 bridgehead atoms. The monoisotopic (exact) mass is 222 g/mol. The fraction of sp³-hybridized carbons (Fsp3) is 0.667. The Hall–Kier alpha value is -1.16. The molecule has 1 aliphatic rings. The normalized spacial score (nSPS) is 19.6. The maximum Gasteiger partial charge on any atom is 0.148 e. The van der Waals surface area contributed by atoms with E-state index in [1.807, 2.05) is 16.9 Å². The first-order valence-corrected chi connectivity index (χ1v) is 5.97. The Balaban J connectivity index is 1.98. The van der Waals surface area contributed by atoms with Gasteiger partial charge in [-0.2, -0.15) is 5.10 Å². The second-order valence-corrected chi connectivity index (χ2v) is 4.49. The first kappa shape index (κ1) is 11.3. The molecule has 0 aromatic carbocycles. The molecule has 4 heteroatoms. The van der Waals surface area contributed by atoms with E-state index in [9.17, 15) is 9.90 Å². The van der Waals surface area contributed by atoms with Crippen molar-refractivity contribution in [3.05, 3.63) is 18.0 Å². The molecular weight excluding hydrogens is 204 g/mol. The van der Waals surface area contributed by atoms with Crippen molar-refractivity contribution < 1.29 is 9.90 Å². The van der Waals surface area contributed by atoms with Crippen molar-refractivity contribution in [3.8, 4) is 0 Å². The molecule has 1 aromatic heterocycles. The third-order valence-electron chi connectivity index (χ3n) is 3.19. The predicted molar refractivity (Wildman–Crippen MR) is 60.1 cm³/mol. The molecule has 1 atom stereocenters. The number of nitrogens with zero attached hydrogens (tertiary/aromatic N) is 2. The Morgan fingerprint density at radius 2 is 2.25 bits per heavy atom. The SMILES string of the molecule is O=CC(O)Cc1ccn(C2CCCCC2)n1. The average Bonchev–Trinajstić information content (AvgIpc) is 2.78. The molecule has 1 unspecified atom stereocenters. The van der Waals surface area contributed by atoms with Crippen LogP contribution in [0, 0.1) is 0 Å². The second-order valence-electron chi connectivity index (χ2n) is 4.49. The van der Waals surface area contributed by atoms with Gasteiger partial charge in [0.05, 0.1) is 11.7 Å². The minimum Gasteiger partial charge on any atom is -0.385 e. The van der Waals surface area contributed by atoms with Gasteiger partial charge in [0.15, 0.2) is 0 Å². The molecular formula is C12H18N2O2. The van der Waals surface area contributed by atoms with Crippen molar-refractivity contribution in [2.24, 2.45) is 0 Å². The molecule has 0 spiro atoms. The van der Waals surface area contributed by atoms with Crippen molar-refractivity contribution in [1.82, 2.24) is 9.78 Å². The quantitative estimate of drug-likeness (QED) is 0.785. The Morgan fingerprint density at radius 1 is 1.50 bits per heavy atom. The van der Waals surface area contributed by atoms with Gasteiger partial charge in [0, 0.05) is 12.6 Å². The number of aliphatic hydroxyl groups is 1. The highest BCUT2D eigenvalue weighted by atomic mass is 16.3. The van der Waals surface area contributed by atoms with Crippen molar-refractivity contribution in [2.75, 3.05) is 0 Å². The van der Waals surface area contributed by atoms with Gasteiger partial charge in [-0.3, -0.25) is 4.68 Å². The van der Waals surface area contributed by atoms with E-state index in [0.29, 0.717) is 18.7 Å². The summed E-state index contributed by atoms with van der Waals surface area (Å²) in [5.74, 6) is 0. The van der Waals surface area contributed by atoms with Gasteiger partial charge in [0.2, 0.25) is 0 Å².